The molecule has 0 aliphatic heterocycles. The van der Waals surface area contributed by atoms with Gasteiger partial charge in [-0.3, -0.25) is 5.43 Å². The number of anilines is 1. The fraction of sp³-hybridized carbons (Fsp3) is 0.0909. The smallest absolute Gasteiger partial charge is 0.337 e. The predicted molar refractivity (Wildman–Crippen MR) is 72.8 cm³/mol. The van der Waals surface area contributed by atoms with Crippen LogP contribution < -0.4 is 5.43 Å². The number of nitrogens with one attached hydrogen (secondary N) is 1. The Kier molecular flexibility index (Phi) is 5.08. The maximum atomic E-state index is 11.3. The van der Waals surface area contributed by atoms with E-state index in [1.165, 1.54) is 7.11 Å². The Morgan fingerprint density at radius 2 is 2.11 bits per heavy atom. The molecule has 0 unspecified atom stereocenters. The molecule has 0 aliphatic rings. The molecule has 0 aromatic heterocycles. The third-order valence-electron chi connectivity index (χ3n) is 1.89. The van der Waals surface area contributed by atoms with Gasteiger partial charge in [0.1, 0.15) is 12.1 Å². The molecule has 18 heavy (non-hydrogen) atoms. The minimum atomic E-state index is -0.433. The standard InChI is InChI=1S/C11H7IN4O2/c1-18-11(17)7-2-3-10(9(12)4-7)16-15-8(5-13)6-14/h2-4,16H,1H3. The molecular formula is C11H7IN4O2. The molecule has 0 fully saturated rings. The van der Waals surface area contributed by atoms with Crippen molar-refractivity contribution < 1.29 is 9.53 Å². The zero-order valence-electron chi connectivity index (χ0n) is 9.27. The van der Waals surface area contributed by atoms with E-state index >= 15 is 0 Å². The van der Waals surface area contributed by atoms with Gasteiger partial charge in [0, 0.05) is 3.57 Å². The number of carbonyl (C=O) groups is 1. The van der Waals surface area contributed by atoms with Crippen LogP contribution in [0, 0.1) is 26.2 Å². The van der Waals surface area contributed by atoms with Crippen molar-refractivity contribution in [1.82, 2.24) is 0 Å². The molecule has 90 valence electrons. The van der Waals surface area contributed by atoms with Gasteiger partial charge in [-0.05, 0) is 40.8 Å². The van der Waals surface area contributed by atoms with Gasteiger partial charge in [0.05, 0.1) is 18.4 Å². The third-order valence-corrected chi connectivity index (χ3v) is 2.78. The van der Waals surface area contributed by atoms with Crippen LogP contribution in [-0.2, 0) is 4.74 Å². The van der Waals surface area contributed by atoms with Crippen molar-refractivity contribution in [3.8, 4) is 12.1 Å². The van der Waals surface area contributed by atoms with Crippen molar-refractivity contribution in [1.29, 1.82) is 10.5 Å². The van der Waals surface area contributed by atoms with Gasteiger partial charge in [0.15, 0.2) is 0 Å². The summed E-state index contributed by atoms with van der Waals surface area (Å²) in [5, 5.41) is 20.6. The summed E-state index contributed by atoms with van der Waals surface area (Å²) in [6, 6.07) is 8.05. The van der Waals surface area contributed by atoms with Crippen molar-refractivity contribution in [2.24, 2.45) is 5.10 Å². The Morgan fingerprint density at radius 1 is 1.44 bits per heavy atom. The van der Waals surface area contributed by atoms with E-state index in [0.717, 1.165) is 3.57 Å². The van der Waals surface area contributed by atoms with Crippen LogP contribution in [0.2, 0.25) is 0 Å². The van der Waals surface area contributed by atoms with E-state index in [1.807, 2.05) is 22.6 Å². The molecule has 1 rings (SSSR count). The van der Waals surface area contributed by atoms with Gasteiger partial charge in [0.2, 0.25) is 5.71 Å². The molecule has 1 aromatic rings. The van der Waals surface area contributed by atoms with E-state index < -0.39 is 5.97 Å². The lowest BCUT2D eigenvalue weighted by atomic mass is 10.2. The number of methoxy groups -OCH3 is 1. The zero-order chi connectivity index (χ0) is 13.5. The van der Waals surface area contributed by atoms with Crippen LogP contribution in [-0.4, -0.2) is 18.8 Å². The number of hydrazone groups is 1. The highest BCUT2D eigenvalue weighted by Gasteiger charge is 2.08. The third kappa shape index (κ3) is 3.43. The number of esters is 1. The summed E-state index contributed by atoms with van der Waals surface area (Å²) in [6.07, 6.45) is 0. The van der Waals surface area contributed by atoms with E-state index in [-0.39, 0.29) is 5.71 Å². The summed E-state index contributed by atoms with van der Waals surface area (Å²) in [7, 11) is 1.30. The molecular weight excluding hydrogens is 347 g/mol. The van der Waals surface area contributed by atoms with Crippen molar-refractivity contribution >= 4 is 40.0 Å². The van der Waals surface area contributed by atoms with Crippen LogP contribution >= 0.6 is 22.6 Å². The molecule has 0 saturated carbocycles. The molecule has 0 radical (unpaired) electrons. The molecule has 7 heteroatoms. The van der Waals surface area contributed by atoms with Crippen LogP contribution in [0.25, 0.3) is 0 Å². The average molecular weight is 354 g/mol. The number of hydrogen-bond donors (Lipinski definition) is 1. The van der Waals surface area contributed by atoms with E-state index in [1.54, 1.807) is 30.3 Å². The van der Waals surface area contributed by atoms with E-state index in [0.29, 0.717) is 11.3 Å². The highest BCUT2D eigenvalue weighted by Crippen LogP contribution is 2.20. The Balaban J connectivity index is 2.95. The van der Waals surface area contributed by atoms with Crippen LogP contribution in [0.4, 0.5) is 5.69 Å². The first-order valence-electron chi connectivity index (χ1n) is 4.64. The first-order chi connectivity index (χ1) is 8.62. The number of benzene rings is 1. The van der Waals surface area contributed by atoms with E-state index in [2.05, 4.69) is 15.3 Å². The Bertz CT molecular complexity index is 568. The summed E-state index contributed by atoms with van der Waals surface area (Å²) < 4.78 is 5.30. The fourth-order valence-corrected chi connectivity index (χ4v) is 1.68. The van der Waals surface area contributed by atoms with Gasteiger partial charge in [-0.2, -0.15) is 15.6 Å². The van der Waals surface area contributed by atoms with Gasteiger partial charge >= 0.3 is 5.97 Å². The molecule has 0 spiro atoms. The van der Waals surface area contributed by atoms with Gasteiger partial charge in [0.25, 0.3) is 0 Å². The second-order valence-electron chi connectivity index (χ2n) is 2.98. The SMILES string of the molecule is COC(=O)c1ccc(NN=C(C#N)C#N)c(I)c1. The maximum absolute atomic E-state index is 11.3. The summed E-state index contributed by atoms with van der Waals surface area (Å²) in [5.41, 5.74) is 3.31. The number of nitrogens with zero attached hydrogens (tertiary/aromatic N) is 3. The molecule has 0 bridgehead atoms. The lowest BCUT2D eigenvalue weighted by molar-refractivity contribution is 0.0600. The van der Waals surface area contributed by atoms with Crippen molar-refractivity contribution in [3.63, 3.8) is 0 Å². The summed E-state index contributed by atoms with van der Waals surface area (Å²) >= 11 is 2.00. The number of ether oxygens (including phenoxy) is 1. The zero-order valence-corrected chi connectivity index (χ0v) is 11.4. The van der Waals surface area contributed by atoms with Crippen molar-refractivity contribution in [2.75, 3.05) is 12.5 Å². The number of hydrogen-bond acceptors (Lipinski definition) is 6. The number of halogens is 1. The maximum Gasteiger partial charge on any atom is 0.337 e. The Labute approximate surface area is 117 Å². The first-order valence-corrected chi connectivity index (χ1v) is 5.72. The molecule has 0 saturated heterocycles. The van der Waals surface area contributed by atoms with Crippen LogP contribution in [0.3, 0.4) is 0 Å². The molecule has 1 N–H and O–H groups in total. The second kappa shape index (κ2) is 6.57. The Morgan fingerprint density at radius 3 is 2.61 bits per heavy atom. The molecule has 0 amide bonds. The summed E-state index contributed by atoms with van der Waals surface area (Å²) in [4.78, 5) is 11.3. The van der Waals surface area contributed by atoms with E-state index in [9.17, 15) is 4.79 Å². The number of carbonyl (C=O) groups excluding carboxylic acids is 1. The van der Waals surface area contributed by atoms with Gasteiger partial charge in [-0.25, -0.2) is 4.79 Å². The van der Waals surface area contributed by atoms with Gasteiger partial charge in [-0.1, -0.05) is 0 Å². The lowest BCUT2D eigenvalue weighted by Crippen LogP contribution is -2.03. The predicted octanol–water partition coefficient (Wildman–Crippen LogP) is 1.89. The van der Waals surface area contributed by atoms with Crippen molar-refractivity contribution in [3.05, 3.63) is 27.3 Å². The quantitative estimate of drug-likeness (QED) is 0.387. The molecule has 6 nitrogen and oxygen atoms in total. The minimum absolute atomic E-state index is 0.275. The highest BCUT2D eigenvalue weighted by molar-refractivity contribution is 14.1. The fourth-order valence-electron chi connectivity index (χ4n) is 1.04. The number of rotatable bonds is 3. The highest BCUT2D eigenvalue weighted by atomic mass is 127. The second-order valence-corrected chi connectivity index (χ2v) is 4.14. The van der Waals surface area contributed by atoms with E-state index in [4.69, 9.17) is 10.5 Å². The Hall–Kier alpha value is -2.13. The van der Waals surface area contributed by atoms with Crippen LogP contribution in [0.1, 0.15) is 10.4 Å². The normalized spacial score (nSPS) is 8.67. The molecule has 0 heterocycles. The molecule has 0 aliphatic carbocycles. The lowest BCUT2D eigenvalue weighted by Gasteiger charge is -2.05. The summed E-state index contributed by atoms with van der Waals surface area (Å²) in [5.74, 6) is -0.433. The molecule has 1 aromatic carbocycles. The number of nitriles is 2. The van der Waals surface area contributed by atoms with Gasteiger partial charge in [-0.15, -0.1) is 0 Å². The van der Waals surface area contributed by atoms with Crippen LogP contribution in [0.15, 0.2) is 23.3 Å². The minimum Gasteiger partial charge on any atom is -0.465 e. The van der Waals surface area contributed by atoms with Crippen LogP contribution in [0.5, 0.6) is 0 Å². The topological polar surface area (TPSA) is 98.3 Å². The first kappa shape index (κ1) is 13.9. The average Bonchev–Trinajstić information content (AvgIpc) is 2.40. The van der Waals surface area contributed by atoms with Crippen molar-refractivity contribution in [2.45, 2.75) is 0 Å². The van der Waals surface area contributed by atoms with Gasteiger partial charge < -0.3 is 4.74 Å². The summed E-state index contributed by atoms with van der Waals surface area (Å²) in [6.45, 7) is 0. The molecule has 0 atom stereocenters. The largest absolute Gasteiger partial charge is 0.465 e. The monoisotopic (exact) mass is 354 g/mol.